The van der Waals surface area contributed by atoms with Crippen LogP contribution in [0.2, 0.25) is 0 Å². The molecular weight excluding hydrogens is 456 g/mol. The standard InChI is InChI=1S/2C8H14N2O2.C4H10.C3H4N2O2/c2*1-5-6(11)9-7(12)10(5)8(2,3)4;1-4(2)3;6-2-1-4-3(7)5-2/h2*5H,1-4H3,(H,9,11,12);4H,1-3H3;1H2,(H2,4,5,6,7)/t2*5-;;/m10../s1. The smallest absolute Gasteiger partial charge is 0.325 e. The maximum absolute atomic E-state index is 11.2. The number of imide groups is 3. The van der Waals surface area contributed by atoms with Gasteiger partial charge in [0.2, 0.25) is 5.91 Å². The van der Waals surface area contributed by atoms with Crippen LogP contribution in [0.5, 0.6) is 0 Å². The molecule has 2 atom stereocenters. The first-order chi connectivity index (χ1) is 15.7. The van der Waals surface area contributed by atoms with Crippen molar-refractivity contribution >= 4 is 35.8 Å². The van der Waals surface area contributed by atoms with Crippen LogP contribution in [0.1, 0.15) is 76.2 Å². The molecule has 0 unspecified atom stereocenters. The molecule has 200 valence electrons. The van der Waals surface area contributed by atoms with E-state index in [2.05, 4.69) is 36.7 Å². The molecule has 0 bridgehead atoms. The van der Waals surface area contributed by atoms with Crippen LogP contribution >= 0.6 is 0 Å². The predicted molar refractivity (Wildman–Crippen MR) is 131 cm³/mol. The van der Waals surface area contributed by atoms with Crippen molar-refractivity contribution < 1.29 is 28.8 Å². The molecule has 3 fully saturated rings. The Morgan fingerprint density at radius 3 is 1.09 bits per heavy atom. The normalized spacial score (nSPS) is 21.7. The van der Waals surface area contributed by atoms with E-state index >= 15 is 0 Å². The van der Waals surface area contributed by atoms with Gasteiger partial charge in [-0.05, 0) is 61.3 Å². The van der Waals surface area contributed by atoms with Gasteiger partial charge in [-0.15, -0.1) is 0 Å². The second kappa shape index (κ2) is 12.5. The van der Waals surface area contributed by atoms with E-state index in [0.29, 0.717) is 0 Å². The minimum absolute atomic E-state index is 0.124. The summed E-state index contributed by atoms with van der Waals surface area (Å²) in [6.45, 7) is 21.5. The monoisotopic (exact) mass is 498 g/mol. The lowest BCUT2D eigenvalue weighted by Gasteiger charge is -2.33. The number of rotatable bonds is 0. The molecule has 12 heteroatoms. The fourth-order valence-corrected chi connectivity index (χ4v) is 3.27. The zero-order valence-corrected chi connectivity index (χ0v) is 22.8. The number of carbonyl (C=O) groups is 6. The molecule has 3 saturated heterocycles. The molecule has 0 aromatic carbocycles. The van der Waals surface area contributed by atoms with Gasteiger partial charge in [-0.1, -0.05) is 20.8 Å². The van der Waals surface area contributed by atoms with Crippen molar-refractivity contribution in [2.24, 2.45) is 5.92 Å². The summed E-state index contributed by atoms with van der Waals surface area (Å²) in [6, 6.07) is -1.68. The summed E-state index contributed by atoms with van der Waals surface area (Å²) in [5.74, 6) is 0.148. The van der Waals surface area contributed by atoms with Crippen LogP contribution in [-0.2, 0) is 14.4 Å². The first-order valence-corrected chi connectivity index (χ1v) is 11.6. The lowest BCUT2D eigenvalue weighted by atomic mass is 10.1. The molecule has 0 radical (unpaired) electrons. The molecule has 12 nitrogen and oxygen atoms in total. The van der Waals surface area contributed by atoms with Gasteiger partial charge in [0.25, 0.3) is 11.8 Å². The molecule has 3 aliphatic heterocycles. The van der Waals surface area contributed by atoms with Gasteiger partial charge in [-0.25, -0.2) is 14.4 Å². The van der Waals surface area contributed by atoms with E-state index in [4.69, 9.17) is 0 Å². The van der Waals surface area contributed by atoms with Gasteiger partial charge in [0, 0.05) is 11.1 Å². The number of carbonyl (C=O) groups excluding carboxylic acids is 6. The molecule has 0 aromatic rings. The van der Waals surface area contributed by atoms with Crippen LogP contribution < -0.4 is 21.3 Å². The minimum atomic E-state index is -0.398. The second-order valence-corrected chi connectivity index (χ2v) is 11.0. The first kappa shape index (κ1) is 31.8. The fraction of sp³-hybridized carbons (Fsp3) is 0.739. The Hall–Kier alpha value is -3.18. The van der Waals surface area contributed by atoms with Crippen LogP contribution in [0, 0.1) is 5.92 Å². The summed E-state index contributed by atoms with van der Waals surface area (Å²) in [7, 11) is 0. The molecule has 0 spiro atoms. The lowest BCUT2D eigenvalue weighted by Crippen LogP contribution is -2.47. The summed E-state index contributed by atoms with van der Waals surface area (Å²) in [4.78, 5) is 67.8. The Kier molecular flexibility index (Phi) is 11.4. The quantitative estimate of drug-likeness (QED) is 0.374. The molecule has 0 aliphatic carbocycles. The van der Waals surface area contributed by atoms with Gasteiger partial charge in [-0.2, -0.15) is 0 Å². The molecule has 0 saturated carbocycles. The zero-order valence-electron chi connectivity index (χ0n) is 22.8. The van der Waals surface area contributed by atoms with E-state index in [1.54, 1.807) is 23.6 Å². The van der Waals surface area contributed by atoms with Crippen LogP contribution in [-0.4, -0.2) is 75.3 Å². The Morgan fingerprint density at radius 2 is 1.00 bits per heavy atom. The Morgan fingerprint density at radius 1 is 0.686 bits per heavy atom. The van der Waals surface area contributed by atoms with E-state index in [-0.39, 0.29) is 59.5 Å². The third-order valence-electron chi connectivity index (χ3n) is 4.54. The third kappa shape index (κ3) is 10.3. The molecule has 3 heterocycles. The number of nitrogens with one attached hydrogen (secondary N) is 4. The summed E-state index contributed by atoms with van der Waals surface area (Å²) >= 11 is 0. The summed E-state index contributed by atoms with van der Waals surface area (Å²) in [5.41, 5.74) is -0.592. The van der Waals surface area contributed by atoms with E-state index in [9.17, 15) is 28.8 Å². The highest BCUT2D eigenvalue weighted by Gasteiger charge is 2.42. The summed E-state index contributed by atoms with van der Waals surface area (Å²) in [6.07, 6.45) is 0. The van der Waals surface area contributed by atoms with Crippen molar-refractivity contribution in [3.05, 3.63) is 0 Å². The number of hydrogen-bond donors (Lipinski definition) is 4. The molecule has 0 aromatic heterocycles. The van der Waals surface area contributed by atoms with Gasteiger partial charge >= 0.3 is 18.1 Å². The topological polar surface area (TPSA) is 157 Å². The van der Waals surface area contributed by atoms with E-state index in [1.807, 2.05) is 46.9 Å². The van der Waals surface area contributed by atoms with Crippen molar-refractivity contribution in [2.75, 3.05) is 6.54 Å². The SMILES string of the molecule is CC(C)C.C[C@@H]1C(=O)NC(=O)N1C(C)(C)C.C[C@H]1C(=O)NC(=O)N1C(C)(C)C.O=C1CNC(=O)N1. The van der Waals surface area contributed by atoms with Gasteiger partial charge < -0.3 is 15.1 Å². The Bertz CT molecular complexity index is 761. The highest BCUT2D eigenvalue weighted by atomic mass is 16.2. The maximum Gasteiger partial charge on any atom is 0.325 e. The highest BCUT2D eigenvalue weighted by Crippen LogP contribution is 2.21. The summed E-state index contributed by atoms with van der Waals surface area (Å²) < 4.78 is 0. The number of nitrogens with zero attached hydrogens (tertiary/aromatic N) is 2. The Balaban J connectivity index is 0.000000473. The van der Waals surface area contributed by atoms with Gasteiger partial charge in [0.1, 0.15) is 12.1 Å². The minimum Gasteiger partial charge on any atom is -0.329 e. The van der Waals surface area contributed by atoms with Gasteiger partial charge in [-0.3, -0.25) is 30.3 Å². The average molecular weight is 499 g/mol. The second-order valence-electron chi connectivity index (χ2n) is 11.0. The largest absolute Gasteiger partial charge is 0.329 e. The van der Waals surface area contributed by atoms with Crippen molar-refractivity contribution in [1.29, 1.82) is 0 Å². The van der Waals surface area contributed by atoms with Crippen LogP contribution in [0.3, 0.4) is 0 Å². The Labute approximate surface area is 207 Å². The van der Waals surface area contributed by atoms with Crippen molar-refractivity contribution in [2.45, 2.75) is 99.3 Å². The third-order valence-corrected chi connectivity index (χ3v) is 4.54. The number of urea groups is 3. The molecule has 4 N–H and O–H groups in total. The molecule has 3 aliphatic rings. The number of amides is 9. The molecule has 9 amide bonds. The predicted octanol–water partition coefficient (Wildman–Crippen LogP) is 1.94. The molecule has 3 rings (SSSR count). The first-order valence-electron chi connectivity index (χ1n) is 11.6. The van der Waals surface area contributed by atoms with Crippen LogP contribution in [0.25, 0.3) is 0 Å². The van der Waals surface area contributed by atoms with Crippen molar-refractivity contribution in [3.8, 4) is 0 Å². The van der Waals surface area contributed by atoms with Crippen LogP contribution in [0.15, 0.2) is 0 Å². The van der Waals surface area contributed by atoms with Crippen LogP contribution in [0.4, 0.5) is 14.4 Å². The van der Waals surface area contributed by atoms with Gasteiger partial charge in [0.15, 0.2) is 0 Å². The highest BCUT2D eigenvalue weighted by molar-refractivity contribution is 6.05. The maximum atomic E-state index is 11.2. The molecular formula is C23H42N6O6. The molecule has 35 heavy (non-hydrogen) atoms. The fourth-order valence-electron chi connectivity index (χ4n) is 3.27. The summed E-state index contributed by atoms with van der Waals surface area (Å²) in [5, 5.41) is 8.84. The average Bonchev–Trinajstić information content (AvgIpc) is 3.23. The van der Waals surface area contributed by atoms with E-state index < -0.39 is 6.03 Å². The van der Waals surface area contributed by atoms with Crippen molar-refractivity contribution in [1.82, 2.24) is 31.1 Å². The number of hydrogen-bond acceptors (Lipinski definition) is 6. The van der Waals surface area contributed by atoms with Gasteiger partial charge in [0.05, 0.1) is 6.54 Å². The zero-order chi connectivity index (χ0) is 27.9. The lowest BCUT2D eigenvalue weighted by molar-refractivity contribution is -0.122. The van der Waals surface area contributed by atoms with E-state index in [0.717, 1.165) is 5.92 Å². The van der Waals surface area contributed by atoms with E-state index in [1.165, 1.54) is 0 Å². The van der Waals surface area contributed by atoms with Crippen molar-refractivity contribution in [3.63, 3.8) is 0 Å².